The van der Waals surface area contributed by atoms with Gasteiger partial charge >= 0.3 is 0 Å². The molecule has 0 radical (unpaired) electrons. The molecule has 10 nitrogen and oxygen atoms in total. The Morgan fingerprint density at radius 2 is 1.80 bits per heavy atom. The van der Waals surface area contributed by atoms with Crippen molar-refractivity contribution in [2.24, 2.45) is 41.2 Å². The number of aliphatic hydroxyl groups excluding tert-OH is 3. The predicted molar refractivity (Wildman–Crippen MR) is 147 cm³/mol. The maximum atomic E-state index is 14.1. The third-order valence-electron chi connectivity index (χ3n) is 10.4. The van der Waals surface area contributed by atoms with E-state index in [2.05, 4.69) is 11.0 Å². The first-order valence-electron chi connectivity index (χ1n) is 14.4. The van der Waals surface area contributed by atoms with E-state index in [4.69, 9.17) is 11.0 Å². The van der Waals surface area contributed by atoms with Crippen molar-refractivity contribution in [3.8, 4) is 6.07 Å². The van der Waals surface area contributed by atoms with Gasteiger partial charge in [-0.05, 0) is 88.1 Å². The fraction of sp³-hybridized carbons (Fsp3) is 0.613. The molecule has 7 unspecified atom stereocenters. The van der Waals surface area contributed by atoms with Crippen molar-refractivity contribution in [2.75, 3.05) is 14.1 Å². The number of primary amides is 1. The second-order valence-electron chi connectivity index (χ2n) is 12.8. The Balaban J connectivity index is 1.38. The van der Waals surface area contributed by atoms with Gasteiger partial charge in [-0.3, -0.25) is 14.4 Å². The number of Topliss-reactive ketones (excluding diaryl/α,β-unsaturated/α-hetero) is 2. The Hall–Kier alpha value is -3.10. The molecule has 0 bridgehead atoms. The minimum absolute atomic E-state index is 0.0221. The van der Waals surface area contributed by atoms with Crippen molar-refractivity contribution < 1.29 is 34.8 Å². The monoisotopic (exact) mass is 565 g/mol. The average molecular weight is 566 g/mol. The number of carbonyl (C=O) groups excluding carboxylic acids is 3. The molecular formula is C31H39N3O7. The Morgan fingerprint density at radius 3 is 2.41 bits per heavy atom. The third kappa shape index (κ3) is 4.79. The van der Waals surface area contributed by atoms with E-state index in [1.165, 1.54) is 0 Å². The molecule has 3 saturated carbocycles. The quantitative estimate of drug-likeness (QED) is 0.314. The standard InChI is InChI=1S/C31H39N3O7/c1-34(2)21-12-17(5-3-4-15-6-8-16(14-32)9-7-15)26(36)24-20(21)11-18-10-19-13-22(35)25(30(33)40)29(39)31(19,41)28(38)23(18)27(24)37/h6-9,17-21,23-24,26,28,35-36,38,41H,3-5,10-13H2,1-2H3,(H2,33,40)/t17?,18-,19+,20?,21?,23?,24?,26?,28?,31+/m1/s1. The van der Waals surface area contributed by atoms with Crippen LogP contribution in [-0.2, 0) is 20.8 Å². The lowest BCUT2D eigenvalue weighted by molar-refractivity contribution is -0.203. The van der Waals surface area contributed by atoms with E-state index in [0.29, 0.717) is 24.8 Å². The Labute approximate surface area is 239 Å². The zero-order valence-corrected chi connectivity index (χ0v) is 23.4. The number of nitrogens with two attached hydrogens (primary N) is 1. The average Bonchev–Trinajstić information content (AvgIpc) is 2.91. The number of carbonyl (C=O) groups is 3. The van der Waals surface area contributed by atoms with Crippen LogP contribution in [0, 0.1) is 46.8 Å². The van der Waals surface area contributed by atoms with Crippen LogP contribution in [0.5, 0.6) is 0 Å². The Bertz CT molecular complexity index is 1300. The number of allylic oxidation sites excluding steroid dienone is 1. The van der Waals surface area contributed by atoms with Gasteiger partial charge in [-0.15, -0.1) is 0 Å². The smallest absolute Gasteiger partial charge is 0.255 e. The largest absolute Gasteiger partial charge is 0.511 e. The second kappa shape index (κ2) is 11.0. The van der Waals surface area contributed by atoms with Gasteiger partial charge in [0.2, 0.25) is 5.78 Å². The highest BCUT2D eigenvalue weighted by Crippen LogP contribution is 2.56. The molecule has 41 heavy (non-hydrogen) atoms. The van der Waals surface area contributed by atoms with E-state index in [1.54, 1.807) is 12.1 Å². The van der Waals surface area contributed by atoms with E-state index in [-0.39, 0.29) is 42.4 Å². The van der Waals surface area contributed by atoms with Gasteiger partial charge in [0, 0.05) is 24.3 Å². The molecule has 1 aromatic carbocycles. The number of benzene rings is 1. The summed E-state index contributed by atoms with van der Waals surface area (Å²) in [4.78, 5) is 41.4. The van der Waals surface area contributed by atoms with Crippen LogP contribution in [0.2, 0.25) is 0 Å². The Kier molecular flexibility index (Phi) is 7.85. The van der Waals surface area contributed by atoms with Crippen molar-refractivity contribution in [1.82, 2.24) is 4.90 Å². The maximum Gasteiger partial charge on any atom is 0.255 e. The van der Waals surface area contributed by atoms with E-state index in [9.17, 15) is 34.8 Å². The van der Waals surface area contributed by atoms with Gasteiger partial charge in [0.15, 0.2) is 5.60 Å². The highest BCUT2D eigenvalue weighted by molar-refractivity contribution is 6.23. The van der Waals surface area contributed by atoms with Gasteiger partial charge < -0.3 is 31.1 Å². The van der Waals surface area contributed by atoms with Crippen molar-refractivity contribution >= 4 is 17.5 Å². The molecular weight excluding hydrogens is 526 g/mol. The number of aryl methyl sites for hydroxylation is 1. The first kappa shape index (κ1) is 29.4. The fourth-order valence-electron chi connectivity index (χ4n) is 8.44. The number of hydrogen-bond donors (Lipinski definition) is 5. The van der Waals surface area contributed by atoms with Crippen LogP contribution in [0.4, 0.5) is 0 Å². The van der Waals surface area contributed by atoms with Crippen molar-refractivity contribution in [3.05, 3.63) is 46.7 Å². The summed E-state index contributed by atoms with van der Waals surface area (Å²) in [6, 6.07) is 9.54. The van der Waals surface area contributed by atoms with Crippen LogP contribution >= 0.6 is 0 Å². The van der Waals surface area contributed by atoms with Crippen LogP contribution in [0.3, 0.4) is 0 Å². The molecule has 4 aliphatic carbocycles. The number of amides is 1. The number of nitrogens with zero attached hydrogens (tertiary/aromatic N) is 2. The molecule has 1 aromatic rings. The number of aliphatic hydroxyl groups is 4. The molecule has 0 aromatic heterocycles. The molecule has 4 aliphatic rings. The Morgan fingerprint density at radius 1 is 1.12 bits per heavy atom. The SMILES string of the molecule is CN(C)C1CC(CCCc2ccc(C#N)cc2)C(O)C2C(=O)C3C(O)[C@]4(O)C(=O)C(C(N)=O)=C(O)C[C@@H]4C[C@@H]3CC21. The van der Waals surface area contributed by atoms with Gasteiger partial charge in [-0.1, -0.05) is 12.1 Å². The van der Waals surface area contributed by atoms with Crippen LogP contribution in [0.15, 0.2) is 35.6 Å². The van der Waals surface area contributed by atoms with Crippen molar-refractivity contribution in [3.63, 3.8) is 0 Å². The molecule has 10 heteroatoms. The lowest BCUT2D eigenvalue weighted by Gasteiger charge is -2.57. The summed E-state index contributed by atoms with van der Waals surface area (Å²) in [5, 5.41) is 54.0. The number of rotatable bonds is 6. The topological polar surface area (TPSA) is 185 Å². The lowest BCUT2D eigenvalue weighted by atomic mass is 9.49. The zero-order chi connectivity index (χ0) is 29.8. The van der Waals surface area contributed by atoms with Crippen LogP contribution in [0.1, 0.15) is 49.7 Å². The summed E-state index contributed by atoms with van der Waals surface area (Å²) < 4.78 is 0. The second-order valence-corrected chi connectivity index (χ2v) is 12.8. The summed E-state index contributed by atoms with van der Waals surface area (Å²) in [5.41, 5.74) is 3.85. The summed E-state index contributed by atoms with van der Waals surface area (Å²) in [7, 11) is 3.93. The maximum absolute atomic E-state index is 14.1. The number of ketones is 2. The minimum Gasteiger partial charge on any atom is -0.511 e. The van der Waals surface area contributed by atoms with Crippen LogP contribution in [-0.4, -0.2) is 80.7 Å². The molecule has 1 amide bonds. The number of fused-ring (bicyclic) bond motifs is 3. The lowest BCUT2D eigenvalue weighted by Crippen LogP contribution is -2.69. The summed E-state index contributed by atoms with van der Waals surface area (Å²) in [5.74, 6) is -6.54. The van der Waals surface area contributed by atoms with E-state index >= 15 is 0 Å². The first-order valence-corrected chi connectivity index (χ1v) is 14.4. The summed E-state index contributed by atoms with van der Waals surface area (Å²) in [6.07, 6.45) is 0.811. The molecule has 220 valence electrons. The molecule has 3 fully saturated rings. The minimum atomic E-state index is -2.42. The van der Waals surface area contributed by atoms with Gasteiger partial charge in [-0.2, -0.15) is 5.26 Å². The van der Waals surface area contributed by atoms with Gasteiger partial charge in [0.25, 0.3) is 5.91 Å². The molecule has 0 saturated heterocycles. The molecule has 10 atom stereocenters. The van der Waals surface area contributed by atoms with E-state index < -0.39 is 58.6 Å². The number of hydrogen-bond acceptors (Lipinski definition) is 9. The molecule has 6 N–H and O–H groups in total. The van der Waals surface area contributed by atoms with Crippen molar-refractivity contribution in [1.29, 1.82) is 5.26 Å². The molecule has 5 rings (SSSR count). The van der Waals surface area contributed by atoms with E-state index in [0.717, 1.165) is 18.4 Å². The van der Waals surface area contributed by atoms with Crippen LogP contribution in [0.25, 0.3) is 0 Å². The third-order valence-corrected chi connectivity index (χ3v) is 10.4. The normalized spacial score (nSPS) is 38.6. The number of nitriles is 1. The van der Waals surface area contributed by atoms with Gasteiger partial charge in [-0.25, -0.2) is 0 Å². The van der Waals surface area contributed by atoms with Crippen molar-refractivity contribution in [2.45, 2.75) is 68.8 Å². The first-order chi connectivity index (χ1) is 19.4. The summed E-state index contributed by atoms with van der Waals surface area (Å²) >= 11 is 0. The van der Waals surface area contributed by atoms with Crippen LogP contribution < -0.4 is 5.73 Å². The highest BCUT2D eigenvalue weighted by Gasteiger charge is 2.66. The van der Waals surface area contributed by atoms with Gasteiger partial charge in [0.1, 0.15) is 23.2 Å². The molecule has 0 heterocycles. The zero-order valence-electron chi connectivity index (χ0n) is 23.4. The van der Waals surface area contributed by atoms with Gasteiger partial charge in [0.05, 0.1) is 23.7 Å². The van der Waals surface area contributed by atoms with E-state index in [1.807, 2.05) is 26.2 Å². The summed E-state index contributed by atoms with van der Waals surface area (Å²) in [6.45, 7) is 0. The molecule has 0 aliphatic heterocycles. The molecule has 0 spiro atoms. The highest BCUT2D eigenvalue weighted by atomic mass is 16.4. The fourth-order valence-corrected chi connectivity index (χ4v) is 8.44. The predicted octanol–water partition coefficient (Wildman–Crippen LogP) is 1.01.